The number of carbonyl (C=O) groups is 1. The van der Waals surface area contributed by atoms with Crippen LogP contribution in [0.4, 0.5) is 13.2 Å². The van der Waals surface area contributed by atoms with Gasteiger partial charge in [0.1, 0.15) is 11.6 Å². The number of aromatic nitrogens is 1. The van der Waals surface area contributed by atoms with Crippen molar-refractivity contribution in [3.8, 4) is 11.5 Å². The number of rotatable bonds is 3. The number of carbonyl (C=O) groups excluding carboxylic acids is 1. The number of piperidine rings is 1. The van der Waals surface area contributed by atoms with E-state index < -0.39 is 17.5 Å². The molecule has 3 aromatic rings. The number of hydrogen-bond acceptors (Lipinski definition) is 3. The molecule has 1 aromatic heterocycles. The molecule has 1 fully saturated rings. The zero-order valence-corrected chi connectivity index (χ0v) is 14.9. The van der Waals surface area contributed by atoms with Crippen molar-refractivity contribution in [3.63, 3.8) is 0 Å². The summed E-state index contributed by atoms with van der Waals surface area (Å²) in [5.74, 6) is -2.17. The van der Waals surface area contributed by atoms with Crippen LogP contribution < -0.4 is 0 Å². The Hall–Kier alpha value is -3.09. The molecule has 1 amide bonds. The first-order valence-corrected chi connectivity index (χ1v) is 8.98. The van der Waals surface area contributed by atoms with Gasteiger partial charge in [-0.15, -0.1) is 0 Å². The lowest BCUT2D eigenvalue weighted by atomic mass is 9.95. The first-order chi connectivity index (χ1) is 13.5. The molecule has 4 nitrogen and oxygen atoms in total. The number of benzene rings is 2. The summed E-state index contributed by atoms with van der Waals surface area (Å²) in [7, 11) is 0. The summed E-state index contributed by atoms with van der Waals surface area (Å²) >= 11 is 0. The highest BCUT2D eigenvalue weighted by Crippen LogP contribution is 2.31. The third-order valence-corrected chi connectivity index (χ3v) is 4.91. The third-order valence-electron chi connectivity index (χ3n) is 4.91. The molecule has 0 aliphatic carbocycles. The standard InChI is InChI=1S/C21H17F3N2O2/c22-16-6-2-1-5-15(16)21(27)26-9-3-4-14(12-26)19-11-25-20(28-19)13-7-8-17(23)18(24)10-13/h1-2,5-8,10-11,14H,3-4,9,12H2. The van der Waals surface area contributed by atoms with Crippen molar-refractivity contribution in [1.29, 1.82) is 0 Å². The quantitative estimate of drug-likeness (QED) is 0.651. The SMILES string of the molecule is O=C(c1ccccc1F)N1CCCC(c2cnc(-c3ccc(F)c(F)c3)o2)C1. The van der Waals surface area contributed by atoms with Crippen LogP contribution in [0.5, 0.6) is 0 Å². The second-order valence-electron chi connectivity index (χ2n) is 6.77. The van der Waals surface area contributed by atoms with Crippen LogP contribution in [0, 0.1) is 17.5 Å². The normalized spacial score (nSPS) is 17.0. The average molecular weight is 386 g/mol. The van der Waals surface area contributed by atoms with Crippen LogP contribution in [0.1, 0.15) is 34.9 Å². The van der Waals surface area contributed by atoms with Gasteiger partial charge in [-0.2, -0.15) is 0 Å². The molecule has 0 N–H and O–H groups in total. The molecule has 1 unspecified atom stereocenters. The van der Waals surface area contributed by atoms with Crippen molar-refractivity contribution < 1.29 is 22.4 Å². The largest absolute Gasteiger partial charge is 0.441 e. The highest BCUT2D eigenvalue weighted by molar-refractivity contribution is 5.94. The van der Waals surface area contributed by atoms with E-state index >= 15 is 0 Å². The van der Waals surface area contributed by atoms with E-state index in [1.807, 2.05) is 0 Å². The van der Waals surface area contributed by atoms with Crippen LogP contribution in [0.15, 0.2) is 53.1 Å². The minimum absolute atomic E-state index is 0.0446. The van der Waals surface area contributed by atoms with Crippen LogP contribution >= 0.6 is 0 Å². The van der Waals surface area contributed by atoms with Crippen molar-refractivity contribution in [2.45, 2.75) is 18.8 Å². The molecule has 0 saturated carbocycles. The van der Waals surface area contributed by atoms with Gasteiger partial charge < -0.3 is 9.32 Å². The molecular weight excluding hydrogens is 369 g/mol. The van der Waals surface area contributed by atoms with Gasteiger partial charge in [-0.1, -0.05) is 12.1 Å². The fourth-order valence-electron chi connectivity index (χ4n) is 3.44. The summed E-state index contributed by atoms with van der Waals surface area (Å²) < 4.78 is 46.2. The first kappa shape index (κ1) is 18.3. The number of hydrogen-bond donors (Lipinski definition) is 0. The van der Waals surface area contributed by atoms with Gasteiger partial charge in [-0.3, -0.25) is 4.79 Å². The summed E-state index contributed by atoms with van der Waals surface area (Å²) in [4.78, 5) is 18.4. The van der Waals surface area contributed by atoms with Crippen LogP contribution in [-0.2, 0) is 0 Å². The molecule has 1 atom stereocenters. The smallest absolute Gasteiger partial charge is 0.256 e. The molecule has 2 aromatic carbocycles. The molecule has 1 aliphatic rings. The Bertz CT molecular complexity index is 1020. The topological polar surface area (TPSA) is 46.3 Å². The Labute approximate surface area is 159 Å². The van der Waals surface area contributed by atoms with E-state index in [0.29, 0.717) is 24.4 Å². The van der Waals surface area contributed by atoms with Crippen molar-refractivity contribution in [3.05, 3.63) is 77.4 Å². The molecule has 0 bridgehead atoms. The van der Waals surface area contributed by atoms with Crippen molar-refractivity contribution >= 4 is 5.91 Å². The van der Waals surface area contributed by atoms with Gasteiger partial charge in [-0.25, -0.2) is 18.2 Å². The molecule has 1 saturated heterocycles. The number of oxazole rings is 1. The number of amides is 1. The zero-order valence-electron chi connectivity index (χ0n) is 14.9. The van der Waals surface area contributed by atoms with Gasteiger partial charge >= 0.3 is 0 Å². The molecule has 28 heavy (non-hydrogen) atoms. The molecule has 144 valence electrons. The van der Waals surface area contributed by atoms with Crippen LogP contribution in [0.2, 0.25) is 0 Å². The molecule has 0 spiro atoms. The van der Waals surface area contributed by atoms with E-state index in [0.717, 1.165) is 25.0 Å². The molecule has 2 heterocycles. The molecule has 1 aliphatic heterocycles. The molecular formula is C21H17F3N2O2. The van der Waals surface area contributed by atoms with Crippen molar-refractivity contribution in [2.75, 3.05) is 13.1 Å². The fourth-order valence-corrected chi connectivity index (χ4v) is 3.44. The van der Waals surface area contributed by atoms with E-state index in [1.54, 1.807) is 23.2 Å². The second-order valence-corrected chi connectivity index (χ2v) is 6.77. The summed E-state index contributed by atoms with van der Waals surface area (Å²) in [5, 5.41) is 0. The Balaban J connectivity index is 1.52. The fraction of sp³-hybridized carbons (Fsp3) is 0.238. The maximum absolute atomic E-state index is 13.9. The molecule has 0 radical (unpaired) electrons. The van der Waals surface area contributed by atoms with Crippen molar-refractivity contribution in [1.82, 2.24) is 9.88 Å². The first-order valence-electron chi connectivity index (χ1n) is 8.98. The lowest BCUT2D eigenvalue weighted by molar-refractivity contribution is 0.0695. The predicted octanol–water partition coefficient (Wildman–Crippen LogP) is 4.78. The maximum Gasteiger partial charge on any atom is 0.256 e. The summed E-state index contributed by atoms with van der Waals surface area (Å²) in [6.45, 7) is 0.910. The Morgan fingerprint density at radius 1 is 1.07 bits per heavy atom. The lowest BCUT2D eigenvalue weighted by Crippen LogP contribution is -2.39. The summed E-state index contributed by atoms with van der Waals surface area (Å²) in [5.41, 5.74) is 0.378. The van der Waals surface area contributed by atoms with E-state index in [9.17, 15) is 18.0 Å². The maximum atomic E-state index is 13.9. The van der Waals surface area contributed by atoms with Gasteiger partial charge in [0.15, 0.2) is 11.6 Å². The van der Waals surface area contributed by atoms with Gasteiger partial charge in [0.05, 0.1) is 11.8 Å². The second kappa shape index (κ2) is 7.50. The monoisotopic (exact) mass is 386 g/mol. The minimum Gasteiger partial charge on any atom is -0.441 e. The lowest BCUT2D eigenvalue weighted by Gasteiger charge is -2.31. The highest BCUT2D eigenvalue weighted by Gasteiger charge is 2.29. The number of nitrogens with zero attached hydrogens (tertiary/aromatic N) is 2. The third kappa shape index (κ3) is 3.52. The zero-order chi connectivity index (χ0) is 19.7. The Morgan fingerprint density at radius 2 is 1.89 bits per heavy atom. The van der Waals surface area contributed by atoms with Crippen LogP contribution in [0.25, 0.3) is 11.5 Å². The van der Waals surface area contributed by atoms with Crippen LogP contribution in [-0.4, -0.2) is 28.9 Å². The van der Waals surface area contributed by atoms with Gasteiger partial charge in [0, 0.05) is 24.6 Å². The Kier molecular flexibility index (Phi) is 4.90. The average Bonchev–Trinajstić information content (AvgIpc) is 3.20. The predicted molar refractivity (Wildman–Crippen MR) is 96.1 cm³/mol. The highest BCUT2D eigenvalue weighted by atomic mass is 19.2. The van der Waals surface area contributed by atoms with E-state index in [2.05, 4.69) is 4.98 Å². The van der Waals surface area contributed by atoms with Gasteiger partial charge in [0.2, 0.25) is 5.89 Å². The summed E-state index contributed by atoms with van der Waals surface area (Å²) in [6.07, 6.45) is 3.07. The Morgan fingerprint density at radius 3 is 2.68 bits per heavy atom. The van der Waals surface area contributed by atoms with Crippen LogP contribution in [0.3, 0.4) is 0 Å². The number of likely N-dealkylation sites (tertiary alicyclic amines) is 1. The summed E-state index contributed by atoms with van der Waals surface area (Å²) in [6, 6.07) is 9.34. The van der Waals surface area contributed by atoms with Crippen molar-refractivity contribution in [2.24, 2.45) is 0 Å². The molecule has 4 rings (SSSR count). The van der Waals surface area contributed by atoms with Gasteiger partial charge in [0.25, 0.3) is 5.91 Å². The van der Waals surface area contributed by atoms with E-state index in [1.165, 1.54) is 18.2 Å². The van der Waals surface area contributed by atoms with E-state index in [-0.39, 0.29) is 23.3 Å². The molecule has 7 heteroatoms. The number of halogens is 3. The minimum atomic E-state index is -0.975. The van der Waals surface area contributed by atoms with Gasteiger partial charge in [-0.05, 0) is 43.2 Å². The van der Waals surface area contributed by atoms with E-state index in [4.69, 9.17) is 4.42 Å².